The van der Waals surface area contributed by atoms with Gasteiger partial charge in [-0.1, -0.05) is 29.8 Å². The van der Waals surface area contributed by atoms with E-state index < -0.39 is 46.2 Å². The van der Waals surface area contributed by atoms with E-state index in [-0.39, 0.29) is 22.4 Å². The second-order valence-electron chi connectivity index (χ2n) is 7.53. The summed E-state index contributed by atoms with van der Waals surface area (Å²) in [4.78, 5) is 64.6. The van der Waals surface area contributed by atoms with E-state index in [1.165, 1.54) is 48.5 Å². The van der Waals surface area contributed by atoms with Crippen molar-refractivity contribution in [2.75, 3.05) is 11.4 Å². The van der Waals surface area contributed by atoms with Crippen molar-refractivity contribution in [3.8, 4) is 0 Å². The average Bonchev–Trinajstić information content (AvgIpc) is 3.11. The van der Waals surface area contributed by atoms with Crippen molar-refractivity contribution in [2.24, 2.45) is 10.9 Å². The number of nitro groups is 1. The van der Waals surface area contributed by atoms with Crippen LogP contribution in [0.3, 0.4) is 0 Å². The van der Waals surface area contributed by atoms with Gasteiger partial charge in [-0.2, -0.15) is 5.10 Å². The number of carbonyl (C=O) groups is 4. The maximum atomic E-state index is 13.4. The van der Waals surface area contributed by atoms with E-state index >= 15 is 0 Å². The van der Waals surface area contributed by atoms with Crippen molar-refractivity contribution in [3.63, 3.8) is 0 Å². The highest BCUT2D eigenvalue weighted by atomic mass is 35.5. The molecule has 36 heavy (non-hydrogen) atoms. The smallest absolute Gasteiger partial charge is 0.282 e. The fourth-order valence-electron chi connectivity index (χ4n) is 3.78. The Morgan fingerprint density at radius 1 is 1.00 bits per heavy atom. The molecule has 4 rings (SSSR count). The summed E-state index contributed by atoms with van der Waals surface area (Å²) in [6.07, 6.45) is 0.845. The standard InChI is InChI=1S/C24H16ClN5O6/c25-15-10-8-14(9-11-15)22(32)21-18(6-3-7-19(21)30(35)36)29(13-27-26)20(31)12-28-23(33)16-4-1-2-5-17(16)24(28)34/h1-11,13H,12,26H2. The molecule has 0 spiro atoms. The topological polar surface area (TPSA) is 156 Å². The molecule has 0 aliphatic carbocycles. The Hall–Kier alpha value is -4.90. The molecule has 12 heteroatoms. The van der Waals surface area contributed by atoms with Crippen LogP contribution in [-0.2, 0) is 4.79 Å². The van der Waals surface area contributed by atoms with Crippen LogP contribution in [0.4, 0.5) is 11.4 Å². The largest absolute Gasteiger partial charge is 0.322 e. The number of hydrazone groups is 1. The van der Waals surface area contributed by atoms with Gasteiger partial charge in [-0.3, -0.25) is 39.1 Å². The molecular weight excluding hydrogens is 490 g/mol. The number of halogens is 1. The van der Waals surface area contributed by atoms with Crippen molar-refractivity contribution in [1.82, 2.24) is 4.90 Å². The zero-order valence-corrected chi connectivity index (χ0v) is 19.1. The molecule has 0 fully saturated rings. The lowest BCUT2D eigenvalue weighted by Crippen LogP contribution is -2.43. The van der Waals surface area contributed by atoms with Gasteiger partial charge in [0.1, 0.15) is 18.4 Å². The second-order valence-corrected chi connectivity index (χ2v) is 7.97. The van der Waals surface area contributed by atoms with E-state index in [0.717, 1.165) is 22.2 Å². The third kappa shape index (κ3) is 4.30. The molecule has 0 unspecified atom stereocenters. The Kier molecular flexibility index (Phi) is 6.57. The quantitative estimate of drug-likeness (QED) is 0.0983. The number of nitro benzene ring substituents is 1. The van der Waals surface area contributed by atoms with Crippen molar-refractivity contribution < 1.29 is 24.1 Å². The van der Waals surface area contributed by atoms with Crippen molar-refractivity contribution in [1.29, 1.82) is 0 Å². The highest BCUT2D eigenvalue weighted by Gasteiger charge is 2.38. The lowest BCUT2D eigenvalue weighted by Gasteiger charge is -2.22. The molecular formula is C24H16ClN5O6. The molecule has 0 bridgehead atoms. The number of amides is 3. The van der Waals surface area contributed by atoms with Gasteiger partial charge in [0.15, 0.2) is 0 Å². The number of imide groups is 1. The minimum atomic E-state index is -0.885. The Balaban J connectivity index is 1.76. The Labute approximate surface area is 208 Å². The summed E-state index contributed by atoms with van der Waals surface area (Å²) in [7, 11) is 0. The molecule has 3 amide bonds. The van der Waals surface area contributed by atoms with Crippen molar-refractivity contribution >= 4 is 52.8 Å². The molecule has 0 saturated carbocycles. The van der Waals surface area contributed by atoms with Gasteiger partial charge in [0.25, 0.3) is 23.4 Å². The van der Waals surface area contributed by atoms with E-state index in [0.29, 0.717) is 5.02 Å². The van der Waals surface area contributed by atoms with Crippen LogP contribution in [0.1, 0.15) is 36.6 Å². The van der Waals surface area contributed by atoms with Gasteiger partial charge in [-0.05, 0) is 42.5 Å². The molecule has 2 N–H and O–H groups in total. The molecule has 0 saturated heterocycles. The number of ketones is 1. The van der Waals surface area contributed by atoms with Gasteiger partial charge < -0.3 is 5.84 Å². The van der Waals surface area contributed by atoms with Crippen LogP contribution in [0.15, 0.2) is 71.8 Å². The molecule has 11 nitrogen and oxygen atoms in total. The number of hydrogen-bond donors (Lipinski definition) is 1. The molecule has 180 valence electrons. The summed E-state index contributed by atoms with van der Waals surface area (Å²) in [5.74, 6) is 2.28. The number of benzene rings is 3. The van der Waals surface area contributed by atoms with E-state index in [4.69, 9.17) is 17.4 Å². The Morgan fingerprint density at radius 2 is 1.61 bits per heavy atom. The molecule has 0 aromatic heterocycles. The van der Waals surface area contributed by atoms with E-state index in [9.17, 15) is 29.3 Å². The molecule has 3 aromatic carbocycles. The maximum Gasteiger partial charge on any atom is 0.282 e. The molecule has 1 heterocycles. The predicted octanol–water partition coefficient (Wildman–Crippen LogP) is 3.01. The summed E-state index contributed by atoms with van der Waals surface area (Å²) >= 11 is 5.88. The second kappa shape index (κ2) is 9.76. The highest BCUT2D eigenvalue weighted by Crippen LogP contribution is 2.32. The summed E-state index contributed by atoms with van der Waals surface area (Å²) in [5, 5.41) is 15.5. The van der Waals surface area contributed by atoms with Gasteiger partial charge in [0.05, 0.1) is 21.7 Å². The first-order valence-corrected chi connectivity index (χ1v) is 10.7. The Bertz CT molecular complexity index is 1420. The van der Waals surface area contributed by atoms with E-state index in [2.05, 4.69) is 5.10 Å². The summed E-state index contributed by atoms with van der Waals surface area (Å²) in [6.45, 7) is -0.727. The van der Waals surface area contributed by atoms with Gasteiger partial charge in [-0.25, -0.2) is 0 Å². The monoisotopic (exact) mass is 505 g/mol. The number of anilines is 1. The molecule has 0 atom stereocenters. The average molecular weight is 506 g/mol. The lowest BCUT2D eigenvalue weighted by atomic mass is 9.99. The molecule has 3 aromatic rings. The fraction of sp³-hybridized carbons (Fsp3) is 0.0417. The number of nitrogens with zero attached hydrogens (tertiary/aromatic N) is 4. The zero-order chi connectivity index (χ0) is 26.0. The highest BCUT2D eigenvalue weighted by molar-refractivity contribution is 6.31. The summed E-state index contributed by atoms with van der Waals surface area (Å²) < 4.78 is 0. The SMILES string of the molecule is NN=CN(C(=O)CN1C(=O)c2ccccc2C1=O)c1cccc([N+](=O)[O-])c1C(=O)c1ccc(Cl)cc1. The number of rotatable bonds is 7. The minimum absolute atomic E-state index is 0.0763. The Morgan fingerprint density at radius 3 is 2.17 bits per heavy atom. The van der Waals surface area contributed by atoms with Gasteiger partial charge in [-0.15, -0.1) is 0 Å². The lowest BCUT2D eigenvalue weighted by molar-refractivity contribution is -0.385. The normalized spacial score (nSPS) is 12.6. The van der Waals surface area contributed by atoms with Crippen molar-refractivity contribution in [2.45, 2.75) is 0 Å². The summed E-state index contributed by atoms with van der Waals surface area (Å²) in [5.41, 5.74) is -0.837. The number of carbonyl (C=O) groups excluding carboxylic acids is 4. The molecule has 0 radical (unpaired) electrons. The zero-order valence-electron chi connectivity index (χ0n) is 18.3. The molecule has 1 aliphatic rings. The van der Waals surface area contributed by atoms with Crippen LogP contribution < -0.4 is 10.7 Å². The predicted molar refractivity (Wildman–Crippen MR) is 130 cm³/mol. The van der Waals surface area contributed by atoms with E-state index in [1.54, 1.807) is 12.1 Å². The number of hydrogen-bond acceptors (Lipinski definition) is 8. The fourth-order valence-corrected chi connectivity index (χ4v) is 3.91. The third-order valence-electron chi connectivity index (χ3n) is 5.43. The van der Waals surface area contributed by atoms with Crippen LogP contribution in [0.25, 0.3) is 0 Å². The van der Waals surface area contributed by atoms with Gasteiger partial charge in [0, 0.05) is 16.7 Å². The minimum Gasteiger partial charge on any atom is -0.322 e. The first kappa shape index (κ1) is 24.2. The summed E-state index contributed by atoms with van der Waals surface area (Å²) in [6, 6.07) is 15.4. The van der Waals surface area contributed by atoms with Gasteiger partial charge >= 0.3 is 0 Å². The van der Waals surface area contributed by atoms with Gasteiger partial charge in [0.2, 0.25) is 5.78 Å². The molecule has 1 aliphatic heterocycles. The first-order valence-electron chi connectivity index (χ1n) is 10.3. The number of nitrogens with two attached hydrogens (primary N) is 1. The first-order chi connectivity index (χ1) is 17.2. The van der Waals surface area contributed by atoms with Crippen LogP contribution in [0.5, 0.6) is 0 Å². The maximum absolute atomic E-state index is 13.4. The van der Waals surface area contributed by atoms with Crippen LogP contribution in [0, 0.1) is 10.1 Å². The van der Waals surface area contributed by atoms with Crippen LogP contribution >= 0.6 is 11.6 Å². The van der Waals surface area contributed by atoms with Crippen molar-refractivity contribution in [3.05, 3.63) is 104 Å². The third-order valence-corrected chi connectivity index (χ3v) is 5.68. The van der Waals surface area contributed by atoms with Crippen LogP contribution in [-0.4, -0.2) is 46.2 Å². The number of fused-ring (bicyclic) bond motifs is 1. The van der Waals surface area contributed by atoms with Crippen LogP contribution in [0.2, 0.25) is 5.02 Å². The van der Waals surface area contributed by atoms with E-state index in [1.807, 2.05) is 0 Å².